The van der Waals surface area contributed by atoms with Gasteiger partial charge in [-0.05, 0) is 30.3 Å². The number of fused-ring (bicyclic) bond motifs is 1. The number of rotatable bonds is 5. The lowest BCUT2D eigenvalue weighted by Crippen LogP contribution is -2.02. The third kappa shape index (κ3) is 2.70. The van der Waals surface area contributed by atoms with Crippen molar-refractivity contribution in [3.05, 3.63) is 60.8 Å². The summed E-state index contributed by atoms with van der Waals surface area (Å²) in [6.45, 7) is 0.373. The van der Waals surface area contributed by atoms with Gasteiger partial charge in [-0.3, -0.25) is 0 Å². The van der Waals surface area contributed by atoms with Gasteiger partial charge < -0.3 is 9.47 Å². The highest BCUT2D eigenvalue weighted by molar-refractivity contribution is 5.40. The van der Waals surface area contributed by atoms with Crippen LogP contribution < -0.4 is 4.74 Å². The van der Waals surface area contributed by atoms with E-state index in [-0.39, 0.29) is 0 Å². The normalized spacial score (nSPS) is 11.0. The maximum Gasteiger partial charge on any atom is 0.255 e. The van der Waals surface area contributed by atoms with E-state index < -0.39 is 0 Å². The van der Waals surface area contributed by atoms with E-state index in [1.165, 1.54) is 6.33 Å². The van der Waals surface area contributed by atoms with Crippen molar-refractivity contribution in [2.75, 3.05) is 7.11 Å². The molecule has 0 N–H and O–H groups in total. The second-order valence-electron chi connectivity index (χ2n) is 5.04. The molecule has 0 aliphatic rings. The van der Waals surface area contributed by atoms with Gasteiger partial charge in [-0.25, -0.2) is 9.67 Å². The van der Waals surface area contributed by atoms with Crippen molar-refractivity contribution in [1.82, 2.24) is 29.4 Å². The van der Waals surface area contributed by atoms with Crippen molar-refractivity contribution in [3.63, 3.8) is 0 Å². The number of ether oxygens (including phenoxy) is 2. The summed E-state index contributed by atoms with van der Waals surface area (Å²) < 4.78 is 14.4. The molecular formula is C16H14N6O2. The largest absolute Gasteiger partial charge is 0.439 e. The molecule has 0 aliphatic carbocycles. The molecule has 1 aromatic carbocycles. The Hall–Kier alpha value is -3.26. The quantitative estimate of drug-likeness (QED) is 0.561. The van der Waals surface area contributed by atoms with Crippen LogP contribution in [0.4, 0.5) is 0 Å². The summed E-state index contributed by atoms with van der Waals surface area (Å²) >= 11 is 0. The van der Waals surface area contributed by atoms with Crippen LogP contribution in [0.3, 0.4) is 0 Å². The van der Waals surface area contributed by atoms with Crippen LogP contribution in [0.15, 0.2) is 55.1 Å². The zero-order valence-electron chi connectivity index (χ0n) is 12.9. The molecule has 3 aromatic heterocycles. The average Bonchev–Trinajstić information content (AvgIpc) is 3.27. The van der Waals surface area contributed by atoms with Crippen LogP contribution in [0, 0.1) is 0 Å². The molecule has 3 heterocycles. The van der Waals surface area contributed by atoms with E-state index in [0.717, 1.165) is 11.4 Å². The van der Waals surface area contributed by atoms with Gasteiger partial charge in [0.1, 0.15) is 12.1 Å². The van der Waals surface area contributed by atoms with Gasteiger partial charge in [0.15, 0.2) is 0 Å². The van der Waals surface area contributed by atoms with Crippen LogP contribution in [0.25, 0.3) is 11.5 Å². The van der Waals surface area contributed by atoms with Gasteiger partial charge in [0.2, 0.25) is 5.88 Å². The number of hydrogen-bond acceptors (Lipinski definition) is 6. The van der Waals surface area contributed by atoms with Crippen molar-refractivity contribution in [3.8, 4) is 17.3 Å². The molecule has 8 heteroatoms. The summed E-state index contributed by atoms with van der Waals surface area (Å²) in [6.07, 6.45) is 5.06. The van der Waals surface area contributed by atoms with E-state index in [1.54, 1.807) is 28.6 Å². The second kappa shape index (κ2) is 6.09. The predicted octanol–water partition coefficient (Wildman–Crippen LogP) is 2.25. The number of aromatic nitrogens is 6. The van der Waals surface area contributed by atoms with Gasteiger partial charge in [-0.1, -0.05) is 0 Å². The Labute approximate surface area is 137 Å². The van der Waals surface area contributed by atoms with Gasteiger partial charge >= 0.3 is 0 Å². The molecule has 4 aromatic rings. The third-order valence-electron chi connectivity index (χ3n) is 3.39. The van der Waals surface area contributed by atoms with Crippen LogP contribution in [0.5, 0.6) is 11.6 Å². The van der Waals surface area contributed by atoms with Crippen LogP contribution in [-0.2, 0) is 11.3 Å². The summed E-state index contributed by atoms with van der Waals surface area (Å²) in [5.41, 5.74) is 1.68. The van der Waals surface area contributed by atoms with Crippen molar-refractivity contribution in [2.24, 2.45) is 0 Å². The van der Waals surface area contributed by atoms with Crippen molar-refractivity contribution >= 4 is 5.78 Å². The number of nitrogens with zero attached hydrogens (tertiary/aromatic N) is 6. The highest BCUT2D eigenvalue weighted by Gasteiger charge is 2.10. The minimum Gasteiger partial charge on any atom is -0.439 e. The molecule has 0 aliphatic heterocycles. The molecule has 120 valence electrons. The molecule has 0 spiro atoms. The first-order valence-corrected chi connectivity index (χ1v) is 7.30. The SMILES string of the molecule is COCc1cc(Oc2ccc(-n3cccn3)cc2)n2ncnc2n1. The molecule has 0 saturated heterocycles. The lowest BCUT2D eigenvalue weighted by atomic mass is 10.3. The summed E-state index contributed by atoms with van der Waals surface area (Å²) in [7, 11) is 1.62. The molecule has 0 atom stereocenters. The predicted molar refractivity (Wildman–Crippen MR) is 85.1 cm³/mol. The first-order chi connectivity index (χ1) is 11.8. The monoisotopic (exact) mass is 322 g/mol. The topological polar surface area (TPSA) is 79.4 Å². The van der Waals surface area contributed by atoms with Gasteiger partial charge in [-0.15, -0.1) is 0 Å². The smallest absolute Gasteiger partial charge is 0.255 e. The van der Waals surface area contributed by atoms with Crippen molar-refractivity contribution in [2.45, 2.75) is 6.61 Å². The van der Waals surface area contributed by atoms with Crippen molar-refractivity contribution in [1.29, 1.82) is 0 Å². The van der Waals surface area contributed by atoms with Gasteiger partial charge in [-0.2, -0.15) is 19.7 Å². The fourth-order valence-corrected chi connectivity index (χ4v) is 2.34. The zero-order chi connectivity index (χ0) is 16.4. The van der Waals surface area contributed by atoms with E-state index in [9.17, 15) is 0 Å². The molecule has 24 heavy (non-hydrogen) atoms. The van der Waals surface area contributed by atoms with E-state index in [0.29, 0.717) is 24.0 Å². The average molecular weight is 322 g/mol. The maximum atomic E-state index is 5.94. The Balaban J connectivity index is 1.65. The molecular weight excluding hydrogens is 308 g/mol. The molecule has 8 nitrogen and oxygen atoms in total. The summed E-state index contributed by atoms with van der Waals surface area (Å²) in [5.74, 6) is 1.67. The van der Waals surface area contributed by atoms with Crippen LogP contribution in [0.2, 0.25) is 0 Å². The lowest BCUT2D eigenvalue weighted by molar-refractivity contribution is 0.181. The molecule has 0 bridgehead atoms. The minimum absolute atomic E-state index is 0.373. The Morgan fingerprint density at radius 2 is 2.00 bits per heavy atom. The summed E-state index contributed by atoms with van der Waals surface area (Å²) in [6, 6.07) is 11.3. The second-order valence-corrected chi connectivity index (χ2v) is 5.04. The van der Waals surface area contributed by atoms with Crippen molar-refractivity contribution < 1.29 is 9.47 Å². The number of benzene rings is 1. The summed E-state index contributed by atoms with van der Waals surface area (Å²) in [4.78, 5) is 8.45. The molecule has 0 radical (unpaired) electrons. The fraction of sp³-hybridized carbons (Fsp3) is 0.125. The highest BCUT2D eigenvalue weighted by Crippen LogP contribution is 2.23. The first-order valence-electron chi connectivity index (χ1n) is 7.30. The lowest BCUT2D eigenvalue weighted by Gasteiger charge is -2.09. The molecule has 0 amide bonds. The van der Waals surface area contributed by atoms with E-state index in [1.807, 2.05) is 36.5 Å². The Bertz CT molecular complexity index is 947. The first kappa shape index (κ1) is 14.3. The molecule has 0 fully saturated rings. The fourth-order valence-electron chi connectivity index (χ4n) is 2.34. The number of hydrogen-bond donors (Lipinski definition) is 0. The Morgan fingerprint density at radius 3 is 2.75 bits per heavy atom. The Morgan fingerprint density at radius 1 is 1.12 bits per heavy atom. The standard InChI is InChI=1S/C16H14N6O2/c1-23-10-12-9-15(22-16(20-12)17-11-19-22)24-14-5-3-13(4-6-14)21-8-2-7-18-21/h2-9,11H,10H2,1H3. The summed E-state index contributed by atoms with van der Waals surface area (Å²) in [5, 5.41) is 8.33. The highest BCUT2D eigenvalue weighted by atomic mass is 16.5. The van der Waals surface area contributed by atoms with E-state index in [2.05, 4.69) is 20.2 Å². The van der Waals surface area contributed by atoms with Gasteiger partial charge in [0.05, 0.1) is 18.0 Å². The van der Waals surface area contributed by atoms with Crippen LogP contribution >= 0.6 is 0 Å². The van der Waals surface area contributed by atoms with Gasteiger partial charge in [0, 0.05) is 25.6 Å². The van der Waals surface area contributed by atoms with E-state index >= 15 is 0 Å². The molecule has 4 rings (SSSR count). The van der Waals surface area contributed by atoms with E-state index in [4.69, 9.17) is 9.47 Å². The van der Waals surface area contributed by atoms with Crippen LogP contribution in [-0.4, -0.2) is 36.5 Å². The molecule has 0 unspecified atom stereocenters. The minimum atomic E-state index is 0.373. The third-order valence-corrected chi connectivity index (χ3v) is 3.39. The number of methoxy groups -OCH3 is 1. The maximum absolute atomic E-state index is 5.94. The zero-order valence-corrected chi connectivity index (χ0v) is 12.9. The molecule has 0 saturated carbocycles. The Kier molecular flexibility index (Phi) is 3.64. The van der Waals surface area contributed by atoms with Gasteiger partial charge in [0.25, 0.3) is 5.78 Å². The van der Waals surface area contributed by atoms with Crippen LogP contribution in [0.1, 0.15) is 5.69 Å².